The summed E-state index contributed by atoms with van der Waals surface area (Å²) in [6.45, 7) is -1.32. The molecule has 1 rings (SSSR count). The van der Waals surface area contributed by atoms with Crippen LogP contribution in [-0.2, 0) is 22.5 Å². The minimum Gasteiger partial charge on any atom is -0.444 e. The van der Waals surface area contributed by atoms with E-state index in [-0.39, 0.29) is 18.2 Å². The molecule has 0 saturated heterocycles. The van der Waals surface area contributed by atoms with Crippen LogP contribution < -0.4 is 4.52 Å². The standard InChI is InChI=1S/C10H10ClF3NO4PS/c1-20(21,18-5-4-11)19-7-2-3-9(15(16)17)8(6-7)10(12,13)14/h2-3,6H,4-5H2,1H3. The van der Waals surface area contributed by atoms with Crippen LogP contribution in [0.2, 0.25) is 0 Å². The Bertz CT molecular complexity index is 584. The first-order chi connectivity index (χ1) is 9.57. The van der Waals surface area contributed by atoms with Crippen molar-refractivity contribution in [1.29, 1.82) is 0 Å². The molecule has 21 heavy (non-hydrogen) atoms. The Morgan fingerprint density at radius 1 is 1.48 bits per heavy atom. The second kappa shape index (κ2) is 6.91. The van der Waals surface area contributed by atoms with Crippen LogP contribution in [0.3, 0.4) is 0 Å². The van der Waals surface area contributed by atoms with Crippen LogP contribution in [0.5, 0.6) is 5.75 Å². The maximum absolute atomic E-state index is 12.8. The lowest BCUT2D eigenvalue weighted by Gasteiger charge is -2.19. The van der Waals surface area contributed by atoms with E-state index in [0.717, 1.165) is 12.1 Å². The van der Waals surface area contributed by atoms with Gasteiger partial charge in [0.05, 0.1) is 11.5 Å². The number of hydrogen-bond acceptors (Lipinski definition) is 5. The minimum absolute atomic E-state index is 0.0917. The van der Waals surface area contributed by atoms with E-state index in [1.54, 1.807) is 0 Å². The SMILES string of the molecule is CP(=S)(OCCCl)Oc1ccc([N+](=O)[O-])c(C(F)(F)F)c1. The fourth-order valence-corrected chi connectivity index (χ4v) is 3.02. The molecular weight excluding hydrogens is 354 g/mol. The summed E-state index contributed by atoms with van der Waals surface area (Å²) >= 11 is 10.4. The van der Waals surface area contributed by atoms with Gasteiger partial charge in [0.1, 0.15) is 11.3 Å². The van der Waals surface area contributed by atoms with E-state index in [2.05, 4.69) is 0 Å². The molecule has 0 aliphatic rings. The van der Waals surface area contributed by atoms with Crippen LogP contribution in [0.1, 0.15) is 5.56 Å². The summed E-state index contributed by atoms with van der Waals surface area (Å²) in [6, 6.07) is 2.30. The summed E-state index contributed by atoms with van der Waals surface area (Å²) < 4.78 is 48.7. The third kappa shape index (κ3) is 5.43. The van der Waals surface area contributed by atoms with E-state index < -0.39 is 28.8 Å². The van der Waals surface area contributed by atoms with Gasteiger partial charge in [0.25, 0.3) is 5.69 Å². The zero-order chi connectivity index (χ0) is 16.3. The number of rotatable bonds is 6. The second-order valence-corrected chi connectivity index (χ2v) is 8.17. The molecule has 5 nitrogen and oxygen atoms in total. The Kier molecular flexibility index (Phi) is 5.98. The Morgan fingerprint density at radius 2 is 2.10 bits per heavy atom. The molecule has 11 heteroatoms. The lowest BCUT2D eigenvalue weighted by molar-refractivity contribution is -0.388. The normalized spacial score (nSPS) is 14.5. The summed E-state index contributed by atoms with van der Waals surface area (Å²) in [4.78, 5) is 9.51. The van der Waals surface area contributed by atoms with Gasteiger partial charge in [-0.3, -0.25) is 10.1 Å². The van der Waals surface area contributed by atoms with E-state index in [9.17, 15) is 23.3 Å². The number of nitro groups is 1. The van der Waals surface area contributed by atoms with Gasteiger partial charge in [-0.25, -0.2) is 0 Å². The topological polar surface area (TPSA) is 61.6 Å². The van der Waals surface area contributed by atoms with Crippen molar-refractivity contribution in [2.45, 2.75) is 6.18 Å². The summed E-state index contributed by atoms with van der Waals surface area (Å²) in [7, 11) is 0. The molecule has 0 saturated carbocycles. The lowest BCUT2D eigenvalue weighted by Crippen LogP contribution is -2.09. The molecule has 0 N–H and O–H groups in total. The summed E-state index contributed by atoms with van der Waals surface area (Å²) in [5.74, 6) is -0.0859. The van der Waals surface area contributed by atoms with Crippen LogP contribution in [0.4, 0.5) is 18.9 Å². The highest BCUT2D eigenvalue weighted by atomic mass is 35.5. The number of halogens is 4. The van der Waals surface area contributed by atoms with Crippen molar-refractivity contribution in [2.75, 3.05) is 19.2 Å². The highest BCUT2D eigenvalue weighted by molar-refractivity contribution is 8.09. The molecule has 0 bridgehead atoms. The van der Waals surface area contributed by atoms with Crippen LogP contribution in [0.15, 0.2) is 18.2 Å². The molecule has 0 heterocycles. The smallest absolute Gasteiger partial charge is 0.423 e. The van der Waals surface area contributed by atoms with E-state index in [4.69, 9.17) is 32.5 Å². The quantitative estimate of drug-likeness (QED) is 0.328. The Morgan fingerprint density at radius 3 is 2.57 bits per heavy atom. The van der Waals surface area contributed by atoms with Crippen molar-refractivity contribution >= 4 is 35.6 Å². The average molecular weight is 364 g/mol. The van der Waals surface area contributed by atoms with Crippen molar-refractivity contribution < 1.29 is 27.1 Å². The number of nitro benzene ring substituents is 1. The first-order valence-electron chi connectivity index (χ1n) is 5.40. The lowest BCUT2D eigenvalue weighted by atomic mass is 10.1. The van der Waals surface area contributed by atoms with Crippen molar-refractivity contribution in [2.24, 2.45) is 0 Å². The Labute approximate surface area is 128 Å². The third-order valence-electron chi connectivity index (χ3n) is 2.14. The predicted octanol–water partition coefficient (Wildman–Crippen LogP) is 4.19. The van der Waals surface area contributed by atoms with Crippen LogP contribution >= 0.6 is 18.1 Å². The zero-order valence-corrected chi connectivity index (χ0v) is 13.1. The highest BCUT2D eigenvalue weighted by Gasteiger charge is 2.38. The van der Waals surface area contributed by atoms with Crippen molar-refractivity contribution in [3.8, 4) is 5.75 Å². The Balaban J connectivity index is 3.12. The van der Waals surface area contributed by atoms with Crippen LogP contribution in [-0.4, -0.2) is 24.1 Å². The molecule has 1 unspecified atom stereocenters. The molecule has 1 aromatic rings. The molecule has 1 aromatic carbocycles. The largest absolute Gasteiger partial charge is 0.444 e. The summed E-state index contributed by atoms with van der Waals surface area (Å²) in [6.07, 6.45) is -4.88. The fraction of sp³-hybridized carbons (Fsp3) is 0.400. The minimum atomic E-state index is -4.88. The highest BCUT2D eigenvalue weighted by Crippen LogP contribution is 2.46. The van der Waals surface area contributed by atoms with Crippen molar-refractivity contribution in [1.82, 2.24) is 0 Å². The number of nitrogens with zero attached hydrogens (tertiary/aromatic N) is 1. The summed E-state index contributed by atoms with van der Waals surface area (Å²) in [5.41, 5.74) is -2.46. The zero-order valence-electron chi connectivity index (χ0n) is 10.6. The molecule has 0 radical (unpaired) electrons. The molecule has 0 aromatic heterocycles. The molecule has 1 atom stereocenters. The maximum Gasteiger partial charge on any atom is 0.423 e. The van der Waals surface area contributed by atoms with Gasteiger partial charge < -0.3 is 9.05 Å². The van der Waals surface area contributed by atoms with Gasteiger partial charge in [0.15, 0.2) is 0 Å². The first-order valence-corrected chi connectivity index (χ1v) is 9.02. The van der Waals surface area contributed by atoms with Gasteiger partial charge in [-0.05, 0) is 23.9 Å². The molecule has 0 aliphatic heterocycles. The Hall–Kier alpha value is -0.890. The van der Waals surface area contributed by atoms with E-state index in [1.165, 1.54) is 6.66 Å². The van der Waals surface area contributed by atoms with Gasteiger partial charge in [0.2, 0.25) is 6.49 Å². The average Bonchev–Trinajstić information content (AvgIpc) is 2.34. The van der Waals surface area contributed by atoms with E-state index in [1.807, 2.05) is 0 Å². The predicted molar refractivity (Wildman–Crippen MR) is 75.6 cm³/mol. The van der Waals surface area contributed by atoms with Crippen molar-refractivity contribution in [3.05, 3.63) is 33.9 Å². The molecular formula is C10H10ClF3NO4PS. The van der Waals surface area contributed by atoms with Gasteiger partial charge in [0, 0.05) is 18.6 Å². The molecule has 118 valence electrons. The van der Waals surface area contributed by atoms with Gasteiger partial charge >= 0.3 is 6.18 Å². The maximum atomic E-state index is 12.8. The van der Waals surface area contributed by atoms with Gasteiger partial charge in [-0.15, -0.1) is 11.6 Å². The first kappa shape index (κ1) is 18.2. The third-order valence-corrected chi connectivity index (χ3v) is 4.03. The van der Waals surface area contributed by atoms with Crippen LogP contribution in [0.25, 0.3) is 0 Å². The fourth-order valence-electron chi connectivity index (χ4n) is 1.38. The van der Waals surface area contributed by atoms with Crippen molar-refractivity contribution in [3.63, 3.8) is 0 Å². The van der Waals surface area contributed by atoms with E-state index >= 15 is 0 Å². The number of hydrogen-bond donors (Lipinski definition) is 0. The monoisotopic (exact) mass is 363 g/mol. The molecule has 0 aliphatic carbocycles. The van der Waals surface area contributed by atoms with Gasteiger partial charge in [-0.1, -0.05) is 0 Å². The van der Waals surface area contributed by atoms with Gasteiger partial charge in [-0.2, -0.15) is 13.2 Å². The molecule has 0 fully saturated rings. The molecule has 0 spiro atoms. The molecule has 0 amide bonds. The summed E-state index contributed by atoms with van der Waals surface area (Å²) in [5, 5.41) is 10.6. The number of benzene rings is 1. The second-order valence-electron chi connectivity index (χ2n) is 3.82. The van der Waals surface area contributed by atoms with E-state index in [0.29, 0.717) is 6.07 Å². The number of alkyl halides is 4. The van der Waals surface area contributed by atoms with Crippen LogP contribution in [0, 0.1) is 10.1 Å².